The molecule has 1 aromatic carbocycles. The van der Waals surface area contributed by atoms with E-state index in [-0.39, 0.29) is 13.2 Å². The fourth-order valence-electron chi connectivity index (χ4n) is 1.45. The summed E-state index contributed by atoms with van der Waals surface area (Å²) in [7, 11) is 0. The molecule has 112 valence electrons. The first-order valence-electron chi connectivity index (χ1n) is 6.53. The van der Waals surface area contributed by atoms with Crippen LogP contribution in [0.3, 0.4) is 0 Å². The summed E-state index contributed by atoms with van der Waals surface area (Å²) in [6, 6.07) is 6.44. The Morgan fingerprint density at radius 1 is 1.40 bits per heavy atom. The lowest BCUT2D eigenvalue weighted by molar-refractivity contribution is 0.0274. The lowest BCUT2D eigenvalue weighted by atomic mass is 10.2. The van der Waals surface area contributed by atoms with Crippen molar-refractivity contribution in [1.29, 1.82) is 0 Å². The summed E-state index contributed by atoms with van der Waals surface area (Å²) < 4.78 is 5.28. The monoisotopic (exact) mass is 300 g/mol. The highest BCUT2D eigenvalue weighted by Gasteiger charge is 2.08. The average Bonchev–Trinajstić information content (AvgIpc) is 2.36. The van der Waals surface area contributed by atoms with Gasteiger partial charge in [0.15, 0.2) is 0 Å². The summed E-state index contributed by atoms with van der Waals surface area (Å²) in [6.07, 6.45) is -0.723. The van der Waals surface area contributed by atoms with E-state index in [4.69, 9.17) is 16.3 Å². The number of nitrogens with one attached hydrogen (secondary N) is 2. The molecule has 0 aliphatic heterocycles. The lowest BCUT2D eigenvalue weighted by Crippen LogP contribution is -2.37. The molecule has 0 radical (unpaired) electrons. The number of amides is 2. The van der Waals surface area contributed by atoms with E-state index in [1.165, 1.54) is 0 Å². The molecule has 0 saturated carbocycles. The second kappa shape index (κ2) is 8.79. The number of benzene rings is 1. The van der Waals surface area contributed by atoms with Gasteiger partial charge >= 0.3 is 6.03 Å². The Labute approximate surface area is 124 Å². The highest BCUT2D eigenvalue weighted by atomic mass is 35.5. The molecular weight excluding hydrogens is 280 g/mol. The largest absolute Gasteiger partial charge is 0.389 e. The third kappa shape index (κ3) is 7.33. The van der Waals surface area contributed by atoms with E-state index < -0.39 is 12.1 Å². The van der Waals surface area contributed by atoms with Crippen LogP contribution < -0.4 is 10.6 Å². The van der Waals surface area contributed by atoms with Crippen molar-refractivity contribution in [1.82, 2.24) is 5.32 Å². The zero-order chi connectivity index (χ0) is 15.0. The van der Waals surface area contributed by atoms with Crippen molar-refractivity contribution in [3.05, 3.63) is 29.3 Å². The minimum Gasteiger partial charge on any atom is -0.389 e. The van der Waals surface area contributed by atoms with Crippen LogP contribution >= 0.6 is 11.6 Å². The third-order valence-corrected chi connectivity index (χ3v) is 2.58. The van der Waals surface area contributed by atoms with Crippen molar-refractivity contribution in [2.75, 3.05) is 25.1 Å². The number of carbonyl (C=O) groups excluding carboxylic acids is 1. The van der Waals surface area contributed by atoms with Gasteiger partial charge in [0, 0.05) is 23.9 Å². The maximum absolute atomic E-state index is 11.6. The minimum absolute atomic E-state index is 0.129. The predicted molar refractivity (Wildman–Crippen MR) is 80.1 cm³/mol. The molecule has 6 heteroatoms. The summed E-state index contributed by atoms with van der Waals surface area (Å²) in [5, 5.41) is 15.4. The molecule has 0 aliphatic carbocycles. The van der Waals surface area contributed by atoms with E-state index in [2.05, 4.69) is 10.6 Å². The highest BCUT2D eigenvalue weighted by molar-refractivity contribution is 6.30. The Hall–Kier alpha value is -1.30. The fourth-order valence-corrected chi connectivity index (χ4v) is 1.64. The zero-order valence-electron chi connectivity index (χ0n) is 11.7. The van der Waals surface area contributed by atoms with E-state index in [9.17, 15) is 9.90 Å². The van der Waals surface area contributed by atoms with Gasteiger partial charge in [-0.05, 0) is 24.1 Å². The van der Waals surface area contributed by atoms with Crippen LogP contribution in [-0.4, -0.2) is 37.0 Å². The van der Waals surface area contributed by atoms with Crippen LogP contribution in [0.25, 0.3) is 0 Å². The highest BCUT2D eigenvalue weighted by Crippen LogP contribution is 2.14. The summed E-state index contributed by atoms with van der Waals surface area (Å²) in [5.74, 6) is 0.418. The summed E-state index contributed by atoms with van der Waals surface area (Å²) in [5.41, 5.74) is 0.598. The molecule has 0 heterocycles. The van der Waals surface area contributed by atoms with Crippen LogP contribution in [0.1, 0.15) is 13.8 Å². The first-order valence-corrected chi connectivity index (χ1v) is 6.91. The van der Waals surface area contributed by atoms with Gasteiger partial charge in [-0.1, -0.05) is 31.5 Å². The predicted octanol–water partition coefficient (Wildman–Crippen LogP) is 2.50. The molecule has 0 aromatic heterocycles. The van der Waals surface area contributed by atoms with Crippen LogP contribution in [0.15, 0.2) is 24.3 Å². The number of aliphatic hydroxyl groups excluding tert-OH is 1. The topological polar surface area (TPSA) is 70.6 Å². The van der Waals surface area contributed by atoms with Gasteiger partial charge in [-0.3, -0.25) is 0 Å². The van der Waals surface area contributed by atoms with Gasteiger partial charge in [0.1, 0.15) is 0 Å². The van der Waals surface area contributed by atoms with Gasteiger partial charge in [-0.25, -0.2) is 4.79 Å². The SMILES string of the molecule is CC(C)COCC(O)CNC(=O)Nc1cccc(Cl)c1. The van der Waals surface area contributed by atoms with Crippen molar-refractivity contribution < 1.29 is 14.6 Å². The van der Waals surface area contributed by atoms with E-state index in [0.29, 0.717) is 23.2 Å². The molecule has 0 fully saturated rings. The van der Waals surface area contributed by atoms with Crippen molar-refractivity contribution in [2.24, 2.45) is 5.92 Å². The van der Waals surface area contributed by atoms with Crippen molar-refractivity contribution in [3.63, 3.8) is 0 Å². The van der Waals surface area contributed by atoms with Gasteiger partial charge in [-0.2, -0.15) is 0 Å². The molecular formula is C14H21ClN2O3. The summed E-state index contributed by atoms with van der Waals surface area (Å²) in [4.78, 5) is 11.6. The number of anilines is 1. The number of urea groups is 1. The van der Waals surface area contributed by atoms with Crippen LogP contribution in [-0.2, 0) is 4.74 Å². The number of carbonyl (C=O) groups is 1. The number of halogens is 1. The molecule has 5 nitrogen and oxygen atoms in total. The van der Waals surface area contributed by atoms with Crippen LogP contribution in [0.5, 0.6) is 0 Å². The van der Waals surface area contributed by atoms with E-state index >= 15 is 0 Å². The van der Waals surface area contributed by atoms with Gasteiger partial charge in [0.05, 0.1) is 12.7 Å². The van der Waals surface area contributed by atoms with Crippen molar-refractivity contribution >= 4 is 23.3 Å². The summed E-state index contributed by atoms with van der Waals surface area (Å²) >= 11 is 5.81. The van der Waals surface area contributed by atoms with Crippen molar-refractivity contribution in [2.45, 2.75) is 20.0 Å². The molecule has 0 bridgehead atoms. The Balaban J connectivity index is 2.22. The number of aliphatic hydroxyl groups is 1. The Bertz CT molecular complexity index is 427. The molecule has 0 aliphatic rings. The molecule has 1 rings (SSSR count). The zero-order valence-corrected chi connectivity index (χ0v) is 12.5. The maximum Gasteiger partial charge on any atom is 0.319 e. The number of hydrogen-bond donors (Lipinski definition) is 3. The summed E-state index contributed by atoms with van der Waals surface area (Å²) in [6.45, 7) is 4.98. The average molecular weight is 301 g/mol. The van der Waals surface area contributed by atoms with Gasteiger partial charge in [0.25, 0.3) is 0 Å². The Morgan fingerprint density at radius 3 is 2.80 bits per heavy atom. The minimum atomic E-state index is -0.723. The maximum atomic E-state index is 11.6. The van der Waals surface area contributed by atoms with Gasteiger partial charge < -0.3 is 20.5 Å². The molecule has 2 amide bonds. The molecule has 1 atom stereocenters. The first kappa shape index (κ1) is 16.8. The smallest absolute Gasteiger partial charge is 0.319 e. The van der Waals surface area contributed by atoms with E-state index in [0.717, 1.165) is 0 Å². The molecule has 3 N–H and O–H groups in total. The van der Waals surface area contributed by atoms with Crippen LogP contribution in [0.4, 0.5) is 10.5 Å². The number of ether oxygens (including phenoxy) is 1. The number of hydrogen-bond acceptors (Lipinski definition) is 3. The molecule has 0 spiro atoms. The molecule has 1 unspecified atom stereocenters. The van der Waals surface area contributed by atoms with Gasteiger partial charge in [0.2, 0.25) is 0 Å². The Kier molecular flexibility index (Phi) is 7.36. The standard InChI is InChI=1S/C14H21ClN2O3/c1-10(2)8-20-9-13(18)7-16-14(19)17-12-5-3-4-11(15)6-12/h3-6,10,13,18H,7-9H2,1-2H3,(H2,16,17,19). The van der Waals surface area contributed by atoms with Crippen molar-refractivity contribution in [3.8, 4) is 0 Å². The van der Waals surface area contributed by atoms with Gasteiger partial charge in [-0.15, -0.1) is 0 Å². The Morgan fingerprint density at radius 2 is 2.15 bits per heavy atom. The molecule has 0 saturated heterocycles. The second-order valence-electron chi connectivity index (χ2n) is 4.93. The lowest BCUT2D eigenvalue weighted by Gasteiger charge is -2.14. The van der Waals surface area contributed by atoms with E-state index in [1.807, 2.05) is 13.8 Å². The third-order valence-electron chi connectivity index (χ3n) is 2.34. The first-order chi connectivity index (χ1) is 9.47. The molecule has 20 heavy (non-hydrogen) atoms. The normalized spacial score (nSPS) is 12.2. The van der Waals surface area contributed by atoms with E-state index in [1.54, 1.807) is 24.3 Å². The molecule has 1 aromatic rings. The second-order valence-corrected chi connectivity index (χ2v) is 5.37. The quantitative estimate of drug-likeness (QED) is 0.724. The number of rotatable bonds is 7. The fraction of sp³-hybridized carbons (Fsp3) is 0.500. The van der Waals surface area contributed by atoms with Crippen LogP contribution in [0.2, 0.25) is 5.02 Å². The van der Waals surface area contributed by atoms with Crippen LogP contribution in [0, 0.1) is 5.92 Å².